The van der Waals surface area contributed by atoms with Gasteiger partial charge in [-0.2, -0.15) is 0 Å². The maximum atomic E-state index is 11.5. The van der Waals surface area contributed by atoms with Crippen LogP contribution in [0.2, 0.25) is 0 Å². The smallest absolute Gasteiger partial charge is 0.331 e. The van der Waals surface area contributed by atoms with Crippen molar-refractivity contribution in [3.8, 4) is 0 Å². The number of hydrogen-bond acceptors (Lipinski definition) is 5. The molecular formula is C18H31BrClIO5. The number of rotatable bonds is 12. The lowest BCUT2D eigenvalue weighted by Crippen LogP contribution is -2.26. The van der Waals surface area contributed by atoms with Gasteiger partial charge in [0.1, 0.15) is 10.2 Å². The van der Waals surface area contributed by atoms with Crippen LogP contribution in [0.3, 0.4) is 0 Å². The maximum absolute atomic E-state index is 11.5. The number of halogens is 3. The molecule has 0 aromatic rings. The molecular weight excluding hydrogens is 538 g/mol. The summed E-state index contributed by atoms with van der Waals surface area (Å²) in [4.78, 5) is 33.1. The van der Waals surface area contributed by atoms with E-state index in [0.29, 0.717) is 25.9 Å². The van der Waals surface area contributed by atoms with Gasteiger partial charge in [0.15, 0.2) is 0 Å². The highest BCUT2D eigenvalue weighted by molar-refractivity contribution is 14.1. The molecule has 0 heterocycles. The molecule has 0 radical (unpaired) electrons. The van der Waals surface area contributed by atoms with Crippen LogP contribution in [0.15, 0.2) is 0 Å². The molecule has 154 valence electrons. The minimum atomic E-state index is -0.718. The second-order valence-electron chi connectivity index (χ2n) is 5.56. The van der Waals surface area contributed by atoms with Crippen molar-refractivity contribution in [2.45, 2.75) is 82.3 Å². The van der Waals surface area contributed by atoms with Crippen molar-refractivity contribution >= 4 is 68.0 Å². The third-order valence-corrected chi connectivity index (χ3v) is 5.15. The topological polar surface area (TPSA) is 69.7 Å². The van der Waals surface area contributed by atoms with E-state index in [9.17, 15) is 14.4 Å². The first kappa shape index (κ1) is 28.3. The lowest BCUT2D eigenvalue weighted by Gasteiger charge is -2.10. The van der Waals surface area contributed by atoms with Crippen LogP contribution in [0.4, 0.5) is 0 Å². The molecule has 0 aromatic carbocycles. The fourth-order valence-electron chi connectivity index (χ4n) is 1.67. The number of unbranched alkanes of at least 4 members (excludes halogenated alkanes) is 2. The van der Waals surface area contributed by atoms with E-state index in [2.05, 4.69) is 38.5 Å². The molecule has 0 rings (SSSR count). The average Bonchev–Trinajstić information content (AvgIpc) is 2.62. The Morgan fingerprint density at radius 3 is 2.08 bits per heavy atom. The highest BCUT2D eigenvalue weighted by atomic mass is 127. The lowest BCUT2D eigenvalue weighted by atomic mass is 10.2. The third kappa shape index (κ3) is 17.5. The van der Waals surface area contributed by atoms with Gasteiger partial charge in [0.2, 0.25) is 0 Å². The first-order valence-electron chi connectivity index (χ1n) is 9.09. The van der Waals surface area contributed by atoms with Crippen LogP contribution in [0, 0.1) is 0 Å². The van der Waals surface area contributed by atoms with Crippen molar-refractivity contribution in [1.29, 1.82) is 0 Å². The van der Waals surface area contributed by atoms with Crippen LogP contribution in [0.5, 0.6) is 0 Å². The first-order chi connectivity index (χ1) is 12.3. The molecule has 2 atom stereocenters. The standard InChI is InChI=1S/C12H20BrClO3.C6H11IO2/c1-3-5-7-9(13)11(15)17-12(16)10(14)8-6-4-2;1-2-9-6(8)4-3-5-7/h9-10H,3-8H2,1-2H3;2-5H2,1H3. The summed E-state index contributed by atoms with van der Waals surface area (Å²) < 4.78 is 10.4. The molecule has 0 aliphatic heterocycles. The van der Waals surface area contributed by atoms with Crippen LogP contribution in [-0.4, -0.2) is 39.1 Å². The van der Waals surface area contributed by atoms with Crippen LogP contribution >= 0.6 is 50.1 Å². The number of alkyl halides is 3. The third-order valence-electron chi connectivity index (χ3n) is 3.15. The van der Waals surface area contributed by atoms with Gasteiger partial charge in [0, 0.05) is 10.8 Å². The predicted molar refractivity (Wildman–Crippen MR) is 117 cm³/mol. The van der Waals surface area contributed by atoms with E-state index < -0.39 is 22.1 Å². The highest BCUT2D eigenvalue weighted by Gasteiger charge is 2.23. The van der Waals surface area contributed by atoms with Crippen LogP contribution in [0.1, 0.15) is 72.1 Å². The van der Waals surface area contributed by atoms with Crippen molar-refractivity contribution in [3.63, 3.8) is 0 Å². The van der Waals surface area contributed by atoms with Gasteiger partial charge in [-0.3, -0.25) is 9.59 Å². The van der Waals surface area contributed by atoms with E-state index in [1.54, 1.807) is 0 Å². The zero-order valence-electron chi connectivity index (χ0n) is 15.9. The Hall–Kier alpha value is 0.110. The molecule has 0 bridgehead atoms. The van der Waals surface area contributed by atoms with Crippen LogP contribution in [-0.2, 0) is 23.9 Å². The first-order valence-corrected chi connectivity index (χ1v) is 12.0. The van der Waals surface area contributed by atoms with E-state index in [1.165, 1.54) is 0 Å². The van der Waals surface area contributed by atoms with Crippen molar-refractivity contribution < 1.29 is 23.9 Å². The molecule has 8 heteroatoms. The normalized spacial score (nSPS) is 12.4. The Kier molecular flexibility index (Phi) is 21.6. The van der Waals surface area contributed by atoms with Crippen molar-refractivity contribution in [2.75, 3.05) is 11.0 Å². The highest BCUT2D eigenvalue weighted by Crippen LogP contribution is 2.14. The summed E-state index contributed by atoms with van der Waals surface area (Å²) in [7, 11) is 0. The second kappa shape index (κ2) is 19.9. The molecule has 2 unspecified atom stereocenters. The maximum Gasteiger partial charge on any atom is 0.331 e. The molecule has 0 aliphatic rings. The Bertz CT molecular complexity index is 372. The fourth-order valence-corrected chi connectivity index (χ4v) is 2.67. The number of esters is 3. The largest absolute Gasteiger partial charge is 0.466 e. The number of carbonyl (C=O) groups is 3. The summed E-state index contributed by atoms with van der Waals surface area (Å²) >= 11 is 11.3. The molecule has 5 nitrogen and oxygen atoms in total. The van der Waals surface area contributed by atoms with E-state index in [1.807, 2.05) is 20.8 Å². The zero-order chi connectivity index (χ0) is 20.4. The molecule has 0 saturated carbocycles. The summed E-state index contributed by atoms with van der Waals surface area (Å²) in [6.45, 7) is 6.37. The second-order valence-corrected chi connectivity index (χ2v) is 8.27. The summed E-state index contributed by atoms with van der Waals surface area (Å²) in [6, 6.07) is 0. The molecule has 0 aromatic heterocycles. The van der Waals surface area contributed by atoms with Crippen molar-refractivity contribution in [3.05, 3.63) is 0 Å². The van der Waals surface area contributed by atoms with Gasteiger partial charge in [0.25, 0.3) is 0 Å². The summed E-state index contributed by atoms with van der Waals surface area (Å²) in [5, 5.41) is -0.718. The van der Waals surface area contributed by atoms with E-state index in [-0.39, 0.29) is 5.97 Å². The Balaban J connectivity index is 0. The lowest BCUT2D eigenvalue weighted by molar-refractivity contribution is -0.159. The zero-order valence-corrected chi connectivity index (χ0v) is 20.4. The number of ether oxygens (including phenoxy) is 2. The quantitative estimate of drug-likeness (QED) is 0.133. The van der Waals surface area contributed by atoms with Gasteiger partial charge in [-0.15, -0.1) is 11.6 Å². The van der Waals surface area contributed by atoms with Gasteiger partial charge in [-0.1, -0.05) is 78.1 Å². The SMILES string of the molecule is CCCCC(Cl)C(=O)OC(=O)C(Br)CCCC.CCOC(=O)CCCI. The molecule has 0 amide bonds. The summed E-state index contributed by atoms with van der Waals surface area (Å²) in [5.41, 5.74) is 0. The van der Waals surface area contributed by atoms with Gasteiger partial charge >= 0.3 is 17.9 Å². The van der Waals surface area contributed by atoms with Gasteiger partial charge < -0.3 is 9.47 Å². The average molecular weight is 570 g/mol. The molecule has 0 N–H and O–H groups in total. The minimum Gasteiger partial charge on any atom is -0.466 e. The van der Waals surface area contributed by atoms with Crippen LogP contribution in [0.25, 0.3) is 0 Å². The molecule has 0 aliphatic carbocycles. The molecule has 0 spiro atoms. The molecule has 26 heavy (non-hydrogen) atoms. The summed E-state index contributed by atoms with van der Waals surface area (Å²) in [5.74, 6) is -1.24. The van der Waals surface area contributed by atoms with E-state index in [0.717, 1.165) is 36.5 Å². The number of hydrogen-bond donors (Lipinski definition) is 0. The van der Waals surface area contributed by atoms with E-state index >= 15 is 0 Å². The fraction of sp³-hybridized carbons (Fsp3) is 0.833. The Morgan fingerprint density at radius 2 is 1.58 bits per heavy atom. The van der Waals surface area contributed by atoms with Gasteiger partial charge in [-0.25, -0.2) is 4.79 Å². The molecule has 0 fully saturated rings. The Morgan fingerprint density at radius 1 is 1.00 bits per heavy atom. The monoisotopic (exact) mass is 568 g/mol. The number of carbonyl (C=O) groups excluding carboxylic acids is 3. The molecule has 0 saturated heterocycles. The van der Waals surface area contributed by atoms with E-state index in [4.69, 9.17) is 21.1 Å². The minimum absolute atomic E-state index is 0.0748. The predicted octanol–water partition coefficient (Wildman–Crippen LogP) is 5.57. The Labute approximate surface area is 184 Å². The van der Waals surface area contributed by atoms with Gasteiger partial charge in [0.05, 0.1) is 6.61 Å². The summed E-state index contributed by atoms with van der Waals surface area (Å²) in [6.07, 6.45) is 6.44. The van der Waals surface area contributed by atoms with Gasteiger partial charge in [-0.05, 0) is 26.2 Å². The van der Waals surface area contributed by atoms with Crippen LogP contribution < -0.4 is 0 Å². The van der Waals surface area contributed by atoms with Crippen molar-refractivity contribution in [2.24, 2.45) is 0 Å². The van der Waals surface area contributed by atoms with Crippen molar-refractivity contribution in [1.82, 2.24) is 0 Å².